The van der Waals surface area contributed by atoms with E-state index in [-0.39, 0.29) is 23.6 Å². The van der Waals surface area contributed by atoms with E-state index in [1.165, 1.54) is 12.1 Å². The van der Waals surface area contributed by atoms with Crippen molar-refractivity contribution in [1.82, 2.24) is 10.0 Å². The molecule has 2 aromatic carbocycles. The first-order valence-corrected chi connectivity index (χ1v) is 8.96. The van der Waals surface area contributed by atoms with Crippen LogP contribution >= 0.6 is 0 Å². The van der Waals surface area contributed by atoms with Crippen LogP contribution in [0, 0.1) is 0 Å². The zero-order valence-electron chi connectivity index (χ0n) is 13.3. The fourth-order valence-electron chi connectivity index (χ4n) is 2.09. The monoisotopic (exact) mass is 348 g/mol. The molecule has 0 radical (unpaired) electrons. The molecule has 0 heterocycles. The van der Waals surface area contributed by atoms with E-state index in [0.29, 0.717) is 0 Å². The highest BCUT2D eigenvalue weighted by Crippen LogP contribution is 2.16. The number of aliphatic hydroxyl groups is 1. The van der Waals surface area contributed by atoms with E-state index in [2.05, 4.69) is 10.0 Å². The van der Waals surface area contributed by atoms with Gasteiger partial charge in [-0.25, -0.2) is 13.1 Å². The third-order valence-corrected chi connectivity index (χ3v) is 4.84. The number of carbonyl (C=O) groups excluding carboxylic acids is 1. The van der Waals surface area contributed by atoms with Gasteiger partial charge in [-0.2, -0.15) is 0 Å². The highest BCUT2D eigenvalue weighted by molar-refractivity contribution is 7.89. The van der Waals surface area contributed by atoms with Crippen molar-refractivity contribution in [2.75, 3.05) is 6.61 Å². The maximum Gasteiger partial charge on any atom is 0.252 e. The summed E-state index contributed by atoms with van der Waals surface area (Å²) in [5.74, 6) is -0.544. The molecule has 0 saturated carbocycles. The van der Waals surface area contributed by atoms with Crippen LogP contribution in [-0.2, 0) is 16.6 Å². The fourth-order valence-corrected chi connectivity index (χ4v) is 3.31. The number of sulfonamides is 1. The lowest BCUT2D eigenvalue weighted by Gasteiger charge is -2.14. The van der Waals surface area contributed by atoms with Crippen LogP contribution in [0.5, 0.6) is 0 Å². The predicted molar refractivity (Wildman–Crippen MR) is 90.9 cm³/mol. The Hall–Kier alpha value is -2.22. The Kier molecular flexibility index (Phi) is 6.08. The molecule has 0 aliphatic carbocycles. The molecule has 128 valence electrons. The van der Waals surface area contributed by atoms with Crippen LogP contribution in [0.3, 0.4) is 0 Å². The Balaban J connectivity index is 2.22. The van der Waals surface area contributed by atoms with Gasteiger partial charge < -0.3 is 10.4 Å². The topological polar surface area (TPSA) is 95.5 Å². The normalized spacial score (nSPS) is 12.6. The summed E-state index contributed by atoms with van der Waals surface area (Å²) in [4.78, 5) is 12.1. The molecule has 0 aliphatic rings. The zero-order valence-corrected chi connectivity index (χ0v) is 14.1. The summed E-state index contributed by atoms with van der Waals surface area (Å²) in [6.45, 7) is 1.53. The summed E-state index contributed by atoms with van der Waals surface area (Å²) in [7, 11) is -3.85. The Labute approximate surface area is 141 Å². The molecule has 1 atom stereocenters. The minimum Gasteiger partial charge on any atom is -0.394 e. The summed E-state index contributed by atoms with van der Waals surface area (Å²) in [6, 6.07) is 14.6. The standard InChI is InChI=1S/C17H20N2O4S/c1-13(12-20)19-17(21)15-9-5-6-10-16(15)24(22,23)18-11-14-7-3-2-4-8-14/h2-10,13,18,20H,11-12H2,1H3,(H,19,21)/t13-/m0/s1. The third-order valence-electron chi connectivity index (χ3n) is 3.38. The molecule has 0 fully saturated rings. The molecule has 0 aliphatic heterocycles. The summed E-state index contributed by atoms with van der Waals surface area (Å²) in [5, 5.41) is 11.6. The summed E-state index contributed by atoms with van der Waals surface area (Å²) in [6.07, 6.45) is 0. The first kappa shape index (κ1) is 18.1. The van der Waals surface area contributed by atoms with Gasteiger partial charge in [-0.05, 0) is 24.6 Å². The van der Waals surface area contributed by atoms with Gasteiger partial charge >= 0.3 is 0 Å². The number of rotatable bonds is 7. The van der Waals surface area contributed by atoms with Crippen molar-refractivity contribution in [2.24, 2.45) is 0 Å². The first-order valence-electron chi connectivity index (χ1n) is 7.48. The van der Waals surface area contributed by atoms with Crippen LogP contribution in [0.25, 0.3) is 0 Å². The molecule has 6 nitrogen and oxygen atoms in total. The van der Waals surface area contributed by atoms with Crippen molar-refractivity contribution in [3.05, 3.63) is 65.7 Å². The number of aliphatic hydroxyl groups excluding tert-OH is 1. The largest absolute Gasteiger partial charge is 0.394 e. The van der Waals surface area contributed by atoms with Crippen LogP contribution in [-0.4, -0.2) is 32.1 Å². The van der Waals surface area contributed by atoms with E-state index in [4.69, 9.17) is 5.11 Å². The third kappa shape index (κ3) is 4.64. The summed E-state index contributed by atoms with van der Waals surface area (Å²) < 4.78 is 27.6. The summed E-state index contributed by atoms with van der Waals surface area (Å²) >= 11 is 0. The number of benzene rings is 2. The molecule has 0 bridgehead atoms. The minimum atomic E-state index is -3.85. The van der Waals surface area contributed by atoms with Crippen molar-refractivity contribution in [3.63, 3.8) is 0 Å². The average molecular weight is 348 g/mol. The molecule has 2 rings (SSSR count). The van der Waals surface area contributed by atoms with Gasteiger partial charge in [0.2, 0.25) is 10.0 Å². The molecule has 0 saturated heterocycles. The van der Waals surface area contributed by atoms with Gasteiger partial charge in [-0.15, -0.1) is 0 Å². The second-order valence-corrected chi connectivity index (χ2v) is 7.10. The molecule has 0 unspecified atom stereocenters. The van der Waals surface area contributed by atoms with Gasteiger partial charge in [0.05, 0.1) is 17.1 Å². The summed E-state index contributed by atoms with van der Waals surface area (Å²) in [5.41, 5.74) is 0.857. The van der Waals surface area contributed by atoms with Gasteiger partial charge in [-0.3, -0.25) is 4.79 Å². The maximum atomic E-state index is 12.5. The predicted octanol–water partition coefficient (Wildman–Crippen LogP) is 1.28. The minimum absolute atomic E-state index is 0.0401. The number of hydrogen-bond donors (Lipinski definition) is 3. The van der Waals surface area contributed by atoms with Gasteiger partial charge in [-0.1, -0.05) is 42.5 Å². The average Bonchev–Trinajstić information content (AvgIpc) is 2.60. The van der Waals surface area contributed by atoms with E-state index in [0.717, 1.165) is 5.56 Å². The van der Waals surface area contributed by atoms with Crippen molar-refractivity contribution in [3.8, 4) is 0 Å². The van der Waals surface area contributed by atoms with Crippen molar-refractivity contribution in [1.29, 1.82) is 0 Å². The second-order valence-electron chi connectivity index (χ2n) is 5.36. The Morgan fingerprint density at radius 2 is 1.71 bits per heavy atom. The van der Waals surface area contributed by atoms with E-state index in [1.807, 2.05) is 30.3 Å². The molecule has 3 N–H and O–H groups in total. The van der Waals surface area contributed by atoms with Crippen LogP contribution in [0.1, 0.15) is 22.8 Å². The second kappa shape index (κ2) is 8.05. The molecular formula is C17H20N2O4S. The van der Waals surface area contributed by atoms with E-state index < -0.39 is 22.0 Å². The molecular weight excluding hydrogens is 328 g/mol. The lowest BCUT2D eigenvalue weighted by Crippen LogP contribution is -2.36. The van der Waals surface area contributed by atoms with Crippen LogP contribution in [0.15, 0.2) is 59.5 Å². The van der Waals surface area contributed by atoms with Crippen molar-refractivity contribution in [2.45, 2.75) is 24.4 Å². The number of hydrogen-bond acceptors (Lipinski definition) is 4. The zero-order chi connectivity index (χ0) is 17.6. The number of amides is 1. The molecule has 0 spiro atoms. The van der Waals surface area contributed by atoms with Gasteiger partial charge in [0, 0.05) is 12.6 Å². The lowest BCUT2D eigenvalue weighted by atomic mass is 10.2. The molecule has 24 heavy (non-hydrogen) atoms. The Bertz CT molecular complexity index is 791. The molecule has 2 aromatic rings. The lowest BCUT2D eigenvalue weighted by molar-refractivity contribution is 0.0919. The number of nitrogens with one attached hydrogen (secondary N) is 2. The Morgan fingerprint density at radius 3 is 2.38 bits per heavy atom. The van der Waals surface area contributed by atoms with Crippen LogP contribution in [0.2, 0.25) is 0 Å². The Morgan fingerprint density at radius 1 is 1.08 bits per heavy atom. The van der Waals surface area contributed by atoms with Crippen molar-refractivity contribution < 1.29 is 18.3 Å². The fraction of sp³-hybridized carbons (Fsp3) is 0.235. The SMILES string of the molecule is C[C@@H](CO)NC(=O)c1ccccc1S(=O)(=O)NCc1ccccc1. The van der Waals surface area contributed by atoms with E-state index >= 15 is 0 Å². The van der Waals surface area contributed by atoms with Gasteiger partial charge in [0.25, 0.3) is 5.91 Å². The maximum absolute atomic E-state index is 12.5. The first-order chi connectivity index (χ1) is 11.4. The van der Waals surface area contributed by atoms with Gasteiger partial charge in [0.1, 0.15) is 0 Å². The molecule has 1 amide bonds. The van der Waals surface area contributed by atoms with E-state index in [9.17, 15) is 13.2 Å². The van der Waals surface area contributed by atoms with Crippen molar-refractivity contribution >= 4 is 15.9 Å². The quantitative estimate of drug-likeness (QED) is 0.702. The van der Waals surface area contributed by atoms with Crippen LogP contribution in [0.4, 0.5) is 0 Å². The van der Waals surface area contributed by atoms with Gasteiger partial charge in [0.15, 0.2) is 0 Å². The van der Waals surface area contributed by atoms with Crippen LogP contribution < -0.4 is 10.0 Å². The smallest absolute Gasteiger partial charge is 0.252 e. The molecule has 7 heteroatoms. The molecule has 0 aromatic heterocycles. The number of carbonyl (C=O) groups is 1. The highest BCUT2D eigenvalue weighted by Gasteiger charge is 2.22. The van der Waals surface area contributed by atoms with E-state index in [1.54, 1.807) is 19.1 Å². The highest BCUT2D eigenvalue weighted by atomic mass is 32.2.